The summed E-state index contributed by atoms with van der Waals surface area (Å²) in [4.78, 5) is 14.0. The molecule has 0 aliphatic heterocycles. The van der Waals surface area contributed by atoms with E-state index in [1.807, 2.05) is 32.3 Å². The molecule has 0 N–H and O–H groups in total. The molecule has 0 aliphatic carbocycles. The topological polar surface area (TPSA) is 47.4 Å². The van der Waals surface area contributed by atoms with Crippen LogP contribution < -0.4 is 4.74 Å². The SMILES string of the molecule is CCOc1ccc(Cl)cc1CN(C)C(=O)CCc1cnn(C)c1. The van der Waals surface area contributed by atoms with E-state index in [2.05, 4.69) is 5.10 Å². The standard InChI is InChI=1S/C17H22ClN3O2/c1-4-23-16-7-6-15(18)9-14(16)12-20(2)17(22)8-5-13-10-19-21(3)11-13/h6-7,9-11H,4-5,8,12H2,1-3H3. The fourth-order valence-electron chi connectivity index (χ4n) is 2.35. The van der Waals surface area contributed by atoms with E-state index in [1.165, 1.54) is 0 Å². The highest BCUT2D eigenvalue weighted by Gasteiger charge is 2.13. The lowest BCUT2D eigenvalue weighted by molar-refractivity contribution is -0.130. The molecule has 1 amide bonds. The number of carbonyl (C=O) groups excluding carboxylic acids is 1. The Bertz CT molecular complexity index is 670. The molecule has 124 valence electrons. The first-order valence-corrected chi connectivity index (χ1v) is 8.00. The fourth-order valence-corrected chi connectivity index (χ4v) is 2.55. The molecule has 6 heteroatoms. The molecular formula is C17H22ClN3O2. The van der Waals surface area contributed by atoms with Crippen LogP contribution >= 0.6 is 11.6 Å². The van der Waals surface area contributed by atoms with E-state index in [0.717, 1.165) is 16.9 Å². The van der Waals surface area contributed by atoms with E-state index < -0.39 is 0 Å². The number of hydrogen-bond acceptors (Lipinski definition) is 3. The van der Waals surface area contributed by atoms with E-state index in [-0.39, 0.29) is 5.91 Å². The molecule has 1 aromatic carbocycles. The van der Waals surface area contributed by atoms with Crippen molar-refractivity contribution < 1.29 is 9.53 Å². The van der Waals surface area contributed by atoms with Crippen LogP contribution in [0.1, 0.15) is 24.5 Å². The molecule has 0 unspecified atom stereocenters. The predicted octanol–water partition coefficient (Wildman–Crippen LogP) is 3.06. The minimum atomic E-state index is 0.0799. The Hall–Kier alpha value is -2.01. The number of rotatable bonds is 7. The van der Waals surface area contributed by atoms with Crippen LogP contribution in [0.15, 0.2) is 30.6 Å². The van der Waals surface area contributed by atoms with Crippen LogP contribution in [0, 0.1) is 0 Å². The first-order chi connectivity index (χ1) is 11.0. The molecule has 0 bridgehead atoms. The maximum Gasteiger partial charge on any atom is 0.222 e. The Morgan fingerprint density at radius 2 is 2.22 bits per heavy atom. The summed E-state index contributed by atoms with van der Waals surface area (Å²) in [5, 5.41) is 4.75. The molecule has 0 spiro atoms. The van der Waals surface area contributed by atoms with Gasteiger partial charge in [0.25, 0.3) is 0 Å². The molecule has 23 heavy (non-hydrogen) atoms. The monoisotopic (exact) mass is 335 g/mol. The Morgan fingerprint density at radius 3 is 2.87 bits per heavy atom. The van der Waals surface area contributed by atoms with Crippen molar-refractivity contribution in [1.29, 1.82) is 0 Å². The van der Waals surface area contributed by atoms with Gasteiger partial charge >= 0.3 is 0 Å². The molecule has 2 rings (SSSR count). The molecule has 2 aromatic rings. The lowest BCUT2D eigenvalue weighted by Crippen LogP contribution is -2.26. The molecular weight excluding hydrogens is 314 g/mol. The quantitative estimate of drug-likeness (QED) is 0.781. The van der Waals surface area contributed by atoms with Gasteiger partial charge in [-0.3, -0.25) is 9.48 Å². The average molecular weight is 336 g/mol. The molecule has 0 saturated carbocycles. The van der Waals surface area contributed by atoms with Gasteiger partial charge in [-0.1, -0.05) is 11.6 Å². The van der Waals surface area contributed by atoms with Crippen molar-refractivity contribution >= 4 is 17.5 Å². The number of benzene rings is 1. The normalized spacial score (nSPS) is 10.6. The van der Waals surface area contributed by atoms with E-state index in [1.54, 1.807) is 28.9 Å². The van der Waals surface area contributed by atoms with Gasteiger partial charge in [-0.25, -0.2) is 0 Å². The summed E-state index contributed by atoms with van der Waals surface area (Å²) in [6, 6.07) is 5.48. The second-order valence-electron chi connectivity index (χ2n) is 5.46. The van der Waals surface area contributed by atoms with Gasteiger partial charge in [0, 0.05) is 43.8 Å². The third kappa shape index (κ3) is 4.99. The summed E-state index contributed by atoms with van der Waals surface area (Å²) in [5.74, 6) is 0.847. The number of aryl methyl sites for hydroxylation is 2. The molecule has 0 radical (unpaired) electrons. The van der Waals surface area contributed by atoms with Crippen molar-refractivity contribution in [2.75, 3.05) is 13.7 Å². The highest BCUT2D eigenvalue weighted by molar-refractivity contribution is 6.30. The van der Waals surface area contributed by atoms with Crippen molar-refractivity contribution in [2.45, 2.75) is 26.3 Å². The van der Waals surface area contributed by atoms with Gasteiger partial charge in [0.15, 0.2) is 0 Å². The largest absolute Gasteiger partial charge is 0.494 e. The summed E-state index contributed by atoms with van der Waals surface area (Å²) >= 11 is 6.06. The zero-order valence-electron chi connectivity index (χ0n) is 13.8. The molecule has 1 heterocycles. The van der Waals surface area contributed by atoms with Gasteiger partial charge < -0.3 is 9.64 Å². The van der Waals surface area contributed by atoms with E-state index in [0.29, 0.717) is 31.0 Å². The van der Waals surface area contributed by atoms with Gasteiger partial charge in [0.2, 0.25) is 5.91 Å². The molecule has 0 saturated heterocycles. The number of amides is 1. The third-order valence-electron chi connectivity index (χ3n) is 3.54. The Balaban J connectivity index is 1.96. The van der Waals surface area contributed by atoms with Gasteiger partial charge in [-0.15, -0.1) is 0 Å². The number of hydrogen-bond donors (Lipinski definition) is 0. The second kappa shape index (κ2) is 8.02. The molecule has 0 fully saturated rings. The fraction of sp³-hybridized carbons (Fsp3) is 0.412. The summed E-state index contributed by atoms with van der Waals surface area (Å²) in [6.45, 7) is 2.98. The number of nitrogens with zero attached hydrogens (tertiary/aromatic N) is 3. The van der Waals surface area contributed by atoms with Crippen molar-refractivity contribution in [3.63, 3.8) is 0 Å². The summed E-state index contributed by atoms with van der Waals surface area (Å²) in [6.07, 6.45) is 4.85. The summed E-state index contributed by atoms with van der Waals surface area (Å²) in [7, 11) is 3.66. The molecule has 0 atom stereocenters. The molecule has 1 aromatic heterocycles. The maximum absolute atomic E-state index is 12.3. The minimum Gasteiger partial charge on any atom is -0.494 e. The zero-order chi connectivity index (χ0) is 16.8. The second-order valence-corrected chi connectivity index (χ2v) is 5.89. The lowest BCUT2D eigenvalue weighted by Gasteiger charge is -2.19. The Kier molecular flexibility index (Phi) is 6.04. The number of carbonyl (C=O) groups is 1. The third-order valence-corrected chi connectivity index (χ3v) is 3.78. The highest BCUT2D eigenvalue weighted by atomic mass is 35.5. The first kappa shape index (κ1) is 17.3. The highest BCUT2D eigenvalue weighted by Crippen LogP contribution is 2.24. The van der Waals surface area contributed by atoms with Crippen molar-refractivity contribution in [1.82, 2.24) is 14.7 Å². The first-order valence-electron chi connectivity index (χ1n) is 7.62. The van der Waals surface area contributed by atoms with E-state index >= 15 is 0 Å². The van der Waals surface area contributed by atoms with Crippen LogP contribution in [-0.2, 0) is 24.8 Å². The smallest absolute Gasteiger partial charge is 0.222 e. The van der Waals surface area contributed by atoms with Crippen LogP contribution in [0.2, 0.25) is 5.02 Å². The van der Waals surface area contributed by atoms with Crippen molar-refractivity contribution in [3.05, 3.63) is 46.7 Å². The maximum atomic E-state index is 12.3. The lowest BCUT2D eigenvalue weighted by atomic mass is 10.1. The van der Waals surface area contributed by atoms with Crippen molar-refractivity contribution in [2.24, 2.45) is 7.05 Å². The van der Waals surface area contributed by atoms with Gasteiger partial charge in [0.1, 0.15) is 5.75 Å². The minimum absolute atomic E-state index is 0.0799. The van der Waals surface area contributed by atoms with Gasteiger partial charge in [-0.05, 0) is 37.1 Å². The predicted molar refractivity (Wildman–Crippen MR) is 90.6 cm³/mol. The summed E-state index contributed by atoms with van der Waals surface area (Å²) in [5.41, 5.74) is 1.98. The van der Waals surface area contributed by atoms with Gasteiger partial charge in [-0.2, -0.15) is 5.10 Å². The Labute approximate surface area is 141 Å². The van der Waals surface area contributed by atoms with Gasteiger partial charge in [0.05, 0.1) is 12.8 Å². The van der Waals surface area contributed by atoms with Crippen molar-refractivity contribution in [3.8, 4) is 5.75 Å². The van der Waals surface area contributed by atoms with Crippen LogP contribution in [0.3, 0.4) is 0 Å². The van der Waals surface area contributed by atoms with Crippen LogP contribution in [0.4, 0.5) is 0 Å². The molecule has 5 nitrogen and oxygen atoms in total. The van der Waals surface area contributed by atoms with Crippen LogP contribution in [-0.4, -0.2) is 34.2 Å². The summed E-state index contributed by atoms with van der Waals surface area (Å²) < 4.78 is 7.34. The van der Waals surface area contributed by atoms with Crippen LogP contribution in [0.5, 0.6) is 5.75 Å². The zero-order valence-corrected chi connectivity index (χ0v) is 14.5. The average Bonchev–Trinajstić information content (AvgIpc) is 2.93. The number of halogens is 1. The van der Waals surface area contributed by atoms with E-state index in [4.69, 9.17) is 16.3 Å². The number of ether oxygens (including phenoxy) is 1. The van der Waals surface area contributed by atoms with Crippen LogP contribution in [0.25, 0.3) is 0 Å². The molecule has 0 aliphatic rings. The number of aromatic nitrogens is 2. The Morgan fingerprint density at radius 1 is 1.43 bits per heavy atom. The van der Waals surface area contributed by atoms with E-state index in [9.17, 15) is 4.79 Å².